The molecule has 36 heavy (non-hydrogen) atoms. The van der Waals surface area contributed by atoms with Gasteiger partial charge in [0.15, 0.2) is 0 Å². The van der Waals surface area contributed by atoms with E-state index in [2.05, 4.69) is 20.8 Å². The van der Waals surface area contributed by atoms with E-state index in [1.165, 1.54) is 18.2 Å². The molecule has 9 nitrogen and oxygen atoms in total. The summed E-state index contributed by atoms with van der Waals surface area (Å²) in [5, 5.41) is 0.809. The van der Waals surface area contributed by atoms with Crippen LogP contribution in [-0.2, 0) is 11.3 Å². The summed E-state index contributed by atoms with van der Waals surface area (Å²) in [6.07, 6.45) is 0. The van der Waals surface area contributed by atoms with E-state index in [9.17, 15) is 23.6 Å². The first kappa shape index (κ1) is 22.7. The Morgan fingerprint density at radius 1 is 0.889 bits per heavy atom. The molecule has 10 heteroatoms. The molecule has 0 saturated carbocycles. The number of carbonyl (C=O) groups excluding carboxylic acids is 2. The first-order valence-corrected chi connectivity index (χ1v) is 10.9. The number of hydrogen-bond donors (Lipinski definition) is 3. The number of nitrogens with zero attached hydrogens (tertiary/aromatic N) is 2. The van der Waals surface area contributed by atoms with Gasteiger partial charge in [0.1, 0.15) is 12.4 Å². The monoisotopic (exact) mass is 483 g/mol. The van der Waals surface area contributed by atoms with Gasteiger partial charge in [0.2, 0.25) is 0 Å². The Bertz CT molecular complexity index is 1760. The minimum atomic E-state index is -0.746. The van der Waals surface area contributed by atoms with Gasteiger partial charge in [0, 0.05) is 10.9 Å². The van der Waals surface area contributed by atoms with E-state index >= 15 is 0 Å². The van der Waals surface area contributed by atoms with Gasteiger partial charge >= 0.3 is 5.69 Å². The maximum Gasteiger partial charge on any atom is 0.329 e. The molecule has 0 aliphatic carbocycles. The number of halogens is 1. The van der Waals surface area contributed by atoms with Crippen LogP contribution in [0.2, 0.25) is 0 Å². The minimum Gasteiger partial charge on any atom is -0.284 e. The lowest BCUT2D eigenvalue weighted by Crippen LogP contribution is -2.45. The van der Waals surface area contributed by atoms with E-state index in [0.717, 1.165) is 4.57 Å². The number of para-hydroxylation sites is 2. The number of hydrazine groups is 1. The number of amides is 2. The Morgan fingerprint density at radius 2 is 1.58 bits per heavy atom. The van der Waals surface area contributed by atoms with E-state index < -0.39 is 35.4 Å². The highest BCUT2D eigenvalue weighted by atomic mass is 19.1. The van der Waals surface area contributed by atoms with Gasteiger partial charge in [-0.2, -0.15) is 0 Å². The maximum absolute atomic E-state index is 13.4. The predicted octanol–water partition coefficient (Wildman–Crippen LogP) is 2.51. The Hall–Kier alpha value is -5.12. The van der Waals surface area contributed by atoms with Gasteiger partial charge in [-0.25, -0.2) is 14.2 Å². The highest BCUT2D eigenvalue weighted by Crippen LogP contribution is 2.25. The number of fused-ring (bicyclic) bond motifs is 2. The summed E-state index contributed by atoms with van der Waals surface area (Å²) < 4.78 is 14.5. The molecule has 5 rings (SSSR count). The van der Waals surface area contributed by atoms with Crippen molar-refractivity contribution in [3.8, 4) is 11.3 Å². The number of H-pyrrole nitrogens is 1. The first-order valence-electron chi connectivity index (χ1n) is 10.9. The Kier molecular flexibility index (Phi) is 5.83. The van der Waals surface area contributed by atoms with Gasteiger partial charge in [-0.15, -0.1) is 0 Å². The normalized spacial score (nSPS) is 10.9. The van der Waals surface area contributed by atoms with Crippen LogP contribution < -0.4 is 22.1 Å². The van der Waals surface area contributed by atoms with Crippen molar-refractivity contribution >= 4 is 33.6 Å². The Balaban J connectivity index is 1.40. The van der Waals surface area contributed by atoms with Gasteiger partial charge in [-0.3, -0.25) is 34.8 Å². The van der Waals surface area contributed by atoms with Crippen molar-refractivity contribution in [2.24, 2.45) is 0 Å². The SMILES string of the molecule is O=C(Cn1c(=O)[nH]c(=O)c2ccccc21)NNC(=O)c1cc(-c2ccc(F)cc2)nc2ccccc12. The molecule has 0 fully saturated rings. The third kappa shape index (κ3) is 4.34. The number of benzene rings is 3. The molecule has 0 aliphatic heterocycles. The lowest BCUT2D eigenvalue weighted by Gasteiger charge is -2.13. The molecule has 2 aromatic heterocycles. The largest absolute Gasteiger partial charge is 0.329 e. The fraction of sp³-hybridized carbons (Fsp3) is 0.0385. The van der Waals surface area contributed by atoms with Crippen molar-refractivity contribution in [2.75, 3.05) is 0 Å². The fourth-order valence-corrected chi connectivity index (χ4v) is 3.91. The van der Waals surface area contributed by atoms with Crippen LogP contribution >= 0.6 is 0 Å². The van der Waals surface area contributed by atoms with E-state index in [-0.39, 0.29) is 16.5 Å². The van der Waals surface area contributed by atoms with Crippen molar-refractivity contribution in [2.45, 2.75) is 6.54 Å². The lowest BCUT2D eigenvalue weighted by atomic mass is 10.0. The summed E-state index contributed by atoms with van der Waals surface area (Å²) in [4.78, 5) is 56.7. The van der Waals surface area contributed by atoms with E-state index in [1.807, 2.05) is 0 Å². The molecule has 0 unspecified atom stereocenters. The second kappa shape index (κ2) is 9.26. The molecule has 5 aromatic rings. The number of nitrogens with one attached hydrogen (secondary N) is 3. The summed E-state index contributed by atoms with van der Waals surface area (Å²) >= 11 is 0. The molecule has 178 valence electrons. The van der Waals surface area contributed by atoms with Crippen molar-refractivity contribution in [3.05, 3.63) is 111 Å². The van der Waals surface area contributed by atoms with Gasteiger partial charge in [-0.1, -0.05) is 30.3 Å². The Morgan fingerprint density at radius 3 is 2.36 bits per heavy atom. The van der Waals surface area contributed by atoms with Crippen LogP contribution in [0.1, 0.15) is 10.4 Å². The molecule has 0 aliphatic rings. The molecule has 3 N–H and O–H groups in total. The van der Waals surface area contributed by atoms with Gasteiger partial charge < -0.3 is 0 Å². The smallest absolute Gasteiger partial charge is 0.284 e. The van der Waals surface area contributed by atoms with Crippen LogP contribution in [-0.4, -0.2) is 26.3 Å². The van der Waals surface area contributed by atoms with Crippen LogP contribution in [0.5, 0.6) is 0 Å². The van der Waals surface area contributed by atoms with Crippen molar-refractivity contribution < 1.29 is 14.0 Å². The van der Waals surface area contributed by atoms with Crippen molar-refractivity contribution in [1.29, 1.82) is 0 Å². The molecular weight excluding hydrogens is 465 g/mol. The molecule has 2 heterocycles. The van der Waals surface area contributed by atoms with Gasteiger partial charge in [-0.05, 0) is 48.5 Å². The fourth-order valence-electron chi connectivity index (χ4n) is 3.91. The number of rotatable bonds is 4. The maximum atomic E-state index is 13.4. The van der Waals surface area contributed by atoms with Crippen LogP contribution in [0.15, 0.2) is 88.5 Å². The second-order valence-electron chi connectivity index (χ2n) is 7.94. The molecular formula is C26H18FN5O4. The zero-order valence-electron chi connectivity index (χ0n) is 18.6. The van der Waals surface area contributed by atoms with Crippen LogP contribution in [0.4, 0.5) is 4.39 Å². The third-order valence-corrected chi connectivity index (χ3v) is 5.62. The minimum absolute atomic E-state index is 0.242. The first-order chi connectivity index (χ1) is 17.4. The molecule has 0 bridgehead atoms. The summed E-state index contributed by atoms with van der Waals surface area (Å²) in [5.41, 5.74) is 5.52. The predicted molar refractivity (Wildman–Crippen MR) is 132 cm³/mol. The number of pyridine rings is 1. The molecule has 0 radical (unpaired) electrons. The molecule has 0 spiro atoms. The summed E-state index contributed by atoms with van der Waals surface area (Å²) in [7, 11) is 0. The molecule has 2 amide bonds. The number of carbonyl (C=O) groups is 2. The van der Waals surface area contributed by atoms with Gasteiger partial charge in [0.05, 0.1) is 27.7 Å². The van der Waals surface area contributed by atoms with Crippen molar-refractivity contribution in [3.63, 3.8) is 0 Å². The summed E-state index contributed by atoms with van der Waals surface area (Å²) in [6, 6.07) is 20.6. The van der Waals surface area contributed by atoms with Gasteiger partial charge in [0.25, 0.3) is 17.4 Å². The summed E-state index contributed by atoms with van der Waals surface area (Å²) in [5.74, 6) is -1.68. The van der Waals surface area contributed by atoms with Crippen LogP contribution in [0, 0.1) is 5.82 Å². The standard InChI is InChI=1S/C26H18FN5O4/c27-16-11-9-15(10-12-16)21-13-19(17-5-1-3-7-20(17)28-21)25(35)31-30-23(33)14-32-22-8-4-2-6-18(22)24(34)29-26(32)36/h1-13H,14H2,(H,30,33)(H,31,35)(H,29,34,36). The lowest BCUT2D eigenvalue weighted by molar-refractivity contribution is -0.122. The quantitative estimate of drug-likeness (QED) is 0.339. The Labute approximate surface area is 202 Å². The molecule has 0 saturated heterocycles. The second-order valence-corrected chi connectivity index (χ2v) is 7.94. The topological polar surface area (TPSA) is 126 Å². The third-order valence-electron chi connectivity index (χ3n) is 5.62. The number of aromatic nitrogens is 3. The zero-order valence-corrected chi connectivity index (χ0v) is 18.6. The molecule has 3 aromatic carbocycles. The highest BCUT2D eigenvalue weighted by molar-refractivity contribution is 6.07. The highest BCUT2D eigenvalue weighted by Gasteiger charge is 2.16. The summed E-state index contributed by atoms with van der Waals surface area (Å²) in [6.45, 7) is -0.436. The van der Waals surface area contributed by atoms with E-state index in [4.69, 9.17) is 0 Å². The zero-order chi connectivity index (χ0) is 25.2. The van der Waals surface area contributed by atoms with Crippen LogP contribution in [0.25, 0.3) is 33.1 Å². The molecule has 0 atom stereocenters. The van der Waals surface area contributed by atoms with Crippen molar-refractivity contribution in [1.82, 2.24) is 25.4 Å². The van der Waals surface area contributed by atoms with E-state index in [1.54, 1.807) is 60.7 Å². The number of hydrogen-bond acceptors (Lipinski definition) is 5. The number of aromatic amines is 1. The average molecular weight is 483 g/mol. The van der Waals surface area contributed by atoms with E-state index in [0.29, 0.717) is 22.2 Å². The van der Waals surface area contributed by atoms with Crippen LogP contribution in [0.3, 0.4) is 0 Å². The average Bonchev–Trinajstić information content (AvgIpc) is 2.89.